The Balaban J connectivity index is 1.73. The van der Waals surface area contributed by atoms with Gasteiger partial charge < -0.3 is 15.6 Å². The van der Waals surface area contributed by atoms with Crippen molar-refractivity contribution in [3.63, 3.8) is 0 Å². The number of hydrogen-bond donors (Lipinski definition) is 2. The summed E-state index contributed by atoms with van der Waals surface area (Å²) >= 11 is 0. The van der Waals surface area contributed by atoms with Gasteiger partial charge in [0, 0.05) is 37.5 Å². The Kier molecular flexibility index (Phi) is 5.19. The zero-order valence-corrected chi connectivity index (χ0v) is 13.4. The lowest BCUT2D eigenvalue weighted by Crippen LogP contribution is -2.29. The van der Waals surface area contributed by atoms with E-state index in [1.54, 1.807) is 6.07 Å². The SMILES string of the molecule is Cc1cc(N)n(CC(=O)NCCCn2ccnc2C(C)C)n1. The number of imidazole rings is 1. The summed E-state index contributed by atoms with van der Waals surface area (Å²) in [6.45, 7) is 7.71. The molecule has 0 unspecified atom stereocenters. The van der Waals surface area contributed by atoms with Gasteiger partial charge in [0.15, 0.2) is 0 Å². The van der Waals surface area contributed by atoms with Gasteiger partial charge in [0.25, 0.3) is 0 Å². The maximum absolute atomic E-state index is 11.9. The number of rotatable bonds is 7. The van der Waals surface area contributed by atoms with Crippen molar-refractivity contribution < 1.29 is 4.79 Å². The fraction of sp³-hybridized carbons (Fsp3) is 0.533. The Labute approximate surface area is 130 Å². The Hall–Kier alpha value is -2.31. The van der Waals surface area contributed by atoms with Crippen molar-refractivity contribution in [1.29, 1.82) is 0 Å². The number of aryl methyl sites for hydroxylation is 2. The van der Waals surface area contributed by atoms with Crippen molar-refractivity contribution in [2.45, 2.75) is 46.2 Å². The molecule has 1 amide bonds. The first kappa shape index (κ1) is 16.1. The van der Waals surface area contributed by atoms with E-state index in [1.165, 1.54) is 4.68 Å². The molecule has 3 N–H and O–H groups in total. The number of aromatic nitrogens is 4. The third kappa shape index (κ3) is 4.09. The summed E-state index contributed by atoms with van der Waals surface area (Å²) < 4.78 is 3.64. The van der Waals surface area contributed by atoms with Gasteiger partial charge in [-0.3, -0.25) is 4.79 Å². The molecule has 0 atom stereocenters. The van der Waals surface area contributed by atoms with Crippen LogP contribution in [0.5, 0.6) is 0 Å². The Morgan fingerprint density at radius 3 is 2.86 bits per heavy atom. The van der Waals surface area contributed by atoms with Gasteiger partial charge in [-0.25, -0.2) is 9.67 Å². The van der Waals surface area contributed by atoms with E-state index < -0.39 is 0 Å². The van der Waals surface area contributed by atoms with E-state index in [0.717, 1.165) is 24.5 Å². The number of nitrogens with zero attached hydrogens (tertiary/aromatic N) is 4. The van der Waals surface area contributed by atoms with Crippen LogP contribution in [0.3, 0.4) is 0 Å². The first-order chi connectivity index (χ1) is 10.5. The van der Waals surface area contributed by atoms with Crippen molar-refractivity contribution in [1.82, 2.24) is 24.6 Å². The van der Waals surface area contributed by atoms with E-state index in [2.05, 4.69) is 33.8 Å². The topological polar surface area (TPSA) is 90.8 Å². The summed E-state index contributed by atoms with van der Waals surface area (Å²) in [5, 5.41) is 7.06. The maximum Gasteiger partial charge on any atom is 0.241 e. The molecule has 0 aliphatic rings. The summed E-state index contributed by atoms with van der Waals surface area (Å²) in [7, 11) is 0. The molecule has 0 saturated heterocycles. The van der Waals surface area contributed by atoms with Crippen molar-refractivity contribution in [3.05, 3.63) is 30.0 Å². The van der Waals surface area contributed by atoms with Crippen LogP contribution in [-0.2, 0) is 17.9 Å². The van der Waals surface area contributed by atoms with Gasteiger partial charge in [-0.1, -0.05) is 13.8 Å². The van der Waals surface area contributed by atoms with Crippen LogP contribution in [0.25, 0.3) is 0 Å². The molecule has 0 fully saturated rings. The molecular formula is C15H24N6O. The maximum atomic E-state index is 11.9. The molecule has 2 aromatic rings. The normalized spacial score (nSPS) is 11.1. The first-order valence-electron chi connectivity index (χ1n) is 7.55. The van der Waals surface area contributed by atoms with Crippen LogP contribution in [0, 0.1) is 6.92 Å². The lowest BCUT2D eigenvalue weighted by atomic mass is 10.2. The molecule has 7 heteroatoms. The van der Waals surface area contributed by atoms with Gasteiger partial charge >= 0.3 is 0 Å². The number of nitrogen functional groups attached to an aromatic ring is 1. The minimum absolute atomic E-state index is 0.0792. The second-order valence-electron chi connectivity index (χ2n) is 5.71. The highest BCUT2D eigenvalue weighted by Gasteiger charge is 2.08. The number of carbonyl (C=O) groups is 1. The number of carbonyl (C=O) groups excluding carboxylic acids is 1. The van der Waals surface area contributed by atoms with E-state index in [0.29, 0.717) is 18.3 Å². The highest BCUT2D eigenvalue weighted by Crippen LogP contribution is 2.11. The molecule has 0 radical (unpaired) electrons. The summed E-state index contributed by atoms with van der Waals surface area (Å²) in [4.78, 5) is 16.2. The van der Waals surface area contributed by atoms with Gasteiger partial charge in [-0.2, -0.15) is 5.10 Å². The molecule has 2 heterocycles. The first-order valence-corrected chi connectivity index (χ1v) is 7.55. The van der Waals surface area contributed by atoms with E-state index in [1.807, 2.05) is 19.3 Å². The van der Waals surface area contributed by atoms with E-state index >= 15 is 0 Å². The predicted octanol–water partition coefficient (Wildman–Crippen LogP) is 1.30. The lowest BCUT2D eigenvalue weighted by Gasteiger charge is -2.11. The monoisotopic (exact) mass is 304 g/mol. The van der Waals surface area contributed by atoms with Crippen LogP contribution in [0.1, 0.15) is 37.7 Å². The summed E-state index contributed by atoms with van der Waals surface area (Å²) in [5.41, 5.74) is 6.58. The molecule has 120 valence electrons. The van der Waals surface area contributed by atoms with E-state index in [4.69, 9.17) is 5.73 Å². The van der Waals surface area contributed by atoms with Crippen LogP contribution in [0.2, 0.25) is 0 Å². The van der Waals surface area contributed by atoms with Gasteiger partial charge in [0.1, 0.15) is 18.2 Å². The Bertz CT molecular complexity index is 628. The van der Waals surface area contributed by atoms with Crippen molar-refractivity contribution in [2.75, 3.05) is 12.3 Å². The summed E-state index contributed by atoms with van der Waals surface area (Å²) in [6, 6.07) is 1.75. The lowest BCUT2D eigenvalue weighted by molar-refractivity contribution is -0.121. The van der Waals surface area contributed by atoms with Gasteiger partial charge in [-0.15, -0.1) is 0 Å². The van der Waals surface area contributed by atoms with Crippen molar-refractivity contribution in [2.24, 2.45) is 0 Å². The molecule has 0 aliphatic heterocycles. The molecule has 2 aromatic heterocycles. The molecule has 7 nitrogen and oxygen atoms in total. The van der Waals surface area contributed by atoms with Gasteiger partial charge in [0.05, 0.1) is 5.69 Å². The number of nitrogens with one attached hydrogen (secondary N) is 1. The van der Waals surface area contributed by atoms with Crippen molar-refractivity contribution in [3.8, 4) is 0 Å². The second kappa shape index (κ2) is 7.11. The van der Waals surface area contributed by atoms with Gasteiger partial charge in [0.2, 0.25) is 5.91 Å². The van der Waals surface area contributed by atoms with Crippen LogP contribution in [0.4, 0.5) is 5.82 Å². The number of anilines is 1. The molecule has 0 bridgehead atoms. The predicted molar refractivity (Wildman–Crippen MR) is 85.3 cm³/mol. The summed E-state index contributed by atoms with van der Waals surface area (Å²) in [6.07, 6.45) is 4.65. The zero-order chi connectivity index (χ0) is 16.1. The average Bonchev–Trinajstić information content (AvgIpc) is 3.02. The summed E-state index contributed by atoms with van der Waals surface area (Å²) in [5.74, 6) is 1.90. The molecular weight excluding hydrogens is 280 g/mol. The quantitative estimate of drug-likeness (QED) is 0.754. The Morgan fingerprint density at radius 1 is 1.45 bits per heavy atom. The van der Waals surface area contributed by atoms with Crippen LogP contribution in [-0.4, -0.2) is 31.8 Å². The average molecular weight is 304 g/mol. The molecule has 0 saturated carbocycles. The molecule has 2 rings (SSSR count). The highest BCUT2D eigenvalue weighted by molar-refractivity contribution is 5.75. The minimum atomic E-state index is -0.0792. The fourth-order valence-corrected chi connectivity index (χ4v) is 2.37. The molecule has 0 aromatic carbocycles. The fourth-order valence-electron chi connectivity index (χ4n) is 2.37. The molecule has 22 heavy (non-hydrogen) atoms. The second-order valence-corrected chi connectivity index (χ2v) is 5.71. The highest BCUT2D eigenvalue weighted by atomic mass is 16.2. The zero-order valence-electron chi connectivity index (χ0n) is 13.4. The van der Waals surface area contributed by atoms with E-state index in [9.17, 15) is 4.79 Å². The van der Waals surface area contributed by atoms with Gasteiger partial charge in [-0.05, 0) is 13.3 Å². The third-order valence-corrected chi connectivity index (χ3v) is 3.39. The van der Waals surface area contributed by atoms with Crippen LogP contribution in [0.15, 0.2) is 18.5 Å². The number of amides is 1. The third-order valence-electron chi connectivity index (χ3n) is 3.39. The van der Waals surface area contributed by atoms with E-state index in [-0.39, 0.29) is 12.5 Å². The number of hydrogen-bond acceptors (Lipinski definition) is 4. The molecule has 0 spiro atoms. The molecule has 0 aliphatic carbocycles. The largest absolute Gasteiger partial charge is 0.384 e. The minimum Gasteiger partial charge on any atom is -0.384 e. The van der Waals surface area contributed by atoms with Crippen molar-refractivity contribution >= 4 is 11.7 Å². The standard InChI is InChI=1S/C15H24N6O/c1-11(2)15-18-6-8-20(15)7-4-5-17-14(22)10-21-13(16)9-12(3)19-21/h6,8-9,11H,4-5,7,10,16H2,1-3H3,(H,17,22). The van der Waals surface area contributed by atoms with Crippen LogP contribution >= 0.6 is 0 Å². The van der Waals surface area contributed by atoms with Crippen LogP contribution < -0.4 is 11.1 Å². The smallest absolute Gasteiger partial charge is 0.241 e. The number of nitrogens with two attached hydrogens (primary N) is 1. The Morgan fingerprint density at radius 2 is 2.23 bits per heavy atom.